The second-order valence-corrected chi connectivity index (χ2v) is 16.8. The smallest absolute Gasteiger partial charge is 0.323 e. The summed E-state index contributed by atoms with van der Waals surface area (Å²) in [6.07, 6.45) is 6.52. The molecule has 262 valence electrons. The number of hydrogen-bond donors (Lipinski definition) is 3. The molecule has 14 nitrogen and oxygen atoms in total. The topological polar surface area (TPSA) is 194 Å². The lowest BCUT2D eigenvalue weighted by atomic mass is 10.2. The second kappa shape index (κ2) is 16.0. The van der Waals surface area contributed by atoms with Crippen LogP contribution in [0.2, 0.25) is 0 Å². The summed E-state index contributed by atoms with van der Waals surface area (Å²) in [6, 6.07) is 3.59. The van der Waals surface area contributed by atoms with Gasteiger partial charge in [0.2, 0.25) is 5.52 Å². The fourth-order valence-corrected chi connectivity index (χ4v) is 9.20. The number of methoxy groups -OCH3 is 2. The summed E-state index contributed by atoms with van der Waals surface area (Å²) < 4.78 is 78.4. The molecule has 0 radical (unpaired) electrons. The highest BCUT2D eigenvalue weighted by Gasteiger charge is 2.23. The van der Waals surface area contributed by atoms with Crippen LogP contribution < -0.4 is 28.8 Å². The zero-order valence-corrected chi connectivity index (χ0v) is 30.4. The third-order valence-electron chi connectivity index (χ3n) is 7.20. The number of nitrogens with zero attached hydrogens (tertiary/aromatic N) is 3. The number of thiazole rings is 2. The number of rotatable bonds is 16. The van der Waals surface area contributed by atoms with Crippen molar-refractivity contribution in [1.29, 1.82) is 0 Å². The highest BCUT2D eigenvalue weighted by Crippen LogP contribution is 2.35. The maximum Gasteiger partial charge on any atom is 0.323 e. The van der Waals surface area contributed by atoms with Crippen molar-refractivity contribution in [2.24, 2.45) is 0 Å². The van der Waals surface area contributed by atoms with Crippen LogP contribution in [0.25, 0.3) is 22.4 Å². The highest BCUT2D eigenvalue weighted by molar-refractivity contribution is 8.06. The average Bonchev–Trinajstić information content (AvgIpc) is 3.62. The third kappa shape index (κ3) is 9.93. The van der Waals surface area contributed by atoms with E-state index in [0.717, 1.165) is 32.3 Å². The first-order valence-corrected chi connectivity index (χ1v) is 20.3. The standard InChI is InChI=1S/C29H35N3O11S5/c1-19-18-44-25(30(19)10-4-6-12-47(36,37)38)9-8-23-29(35)32(17-28(33)34)27(45-23)16-26-31(11-5-7-13-48(39,40)41)20-14-21(42-2)22(43-3)15-24(20)46-26/h8-9,14-16,18H,4-7,10-13,17H2,1-3H3,(H2-,33,34,36,37,38,39,40,41)/p+1. The Balaban J connectivity index is 1.77. The van der Waals surface area contributed by atoms with Crippen molar-refractivity contribution < 1.29 is 49.9 Å². The summed E-state index contributed by atoms with van der Waals surface area (Å²) in [5.74, 6) is -0.932. The van der Waals surface area contributed by atoms with Gasteiger partial charge in [-0.2, -0.15) is 21.4 Å². The number of unbranched alkanes of at least 4 members (excludes halogenated alkanes) is 2. The Morgan fingerprint density at radius 2 is 1.60 bits per heavy atom. The van der Waals surface area contributed by atoms with Gasteiger partial charge in [-0.05, 0) is 43.7 Å². The first-order chi connectivity index (χ1) is 22.6. The molecule has 0 aliphatic carbocycles. The van der Waals surface area contributed by atoms with E-state index in [1.807, 2.05) is 21.8 Å². The van der Waals surface area contributed by atoms with Gasteiger partial charge in [-0.15, -0.1) is 11.3 Å². The van der Waals surface area contributed by atoms with Gasteiger partial charge in [0.1, 0.15) is 15.9 Å². The van der Waals surface area contributed by atoms with Crippen LogP contribution in [0.5, 0.6) is 11.5 Å². The molecule has 0 unspecified atom stereocenters. The molecular weight excluding hydrogens is 727 g/mol. The van der Waals surface area contributed by atoms with E-state index < -0.39 is 38.3 Å². The van der Waals surface area contributed by atoms with Gasteiger partial charge < -0.3 is 19.5 Å². The number of fused-ring (bicyclic) bond motifs is 1. The lowest BCUT2D eigenvalue weighted by Crippen LogP contribution is -2.37. The minimum Gasteiger partial charge on any atom is -0.493 e. The summed E-state index contributed by atoms with van der Waals surface area (Å²) in [6.45, 7) is 2.20. The van der Waals surface area contributed by atoms with Crippen LogP contribution >= 0.6 is 34.4 Å². The van der Waals surface area contributed by atoms with Crippen molar-refractivity contribution in [3.05, 3.63) is 58.9 Å². The number of aromatic nitrogens is 2. The number of carboxylic acid groups (broad SMARTS) is 1. The number of benzene rings is 1. The molecule has 1 aromatic carbocycles. The van der Waals surface area contributed by atoms with Gasteiger partial charge in [-0.3, -0.25) is 23.3 Å². The average molecular weight is 763 g/mol. The van der Waals surface area contributed by atoms with Gasteiger partial charge in [0.15, 0.2) is 18.0 Å². The van der Waals surface area contributed by atoms with Crippen molar-refractivity contribution in [2.75, 3.05) is 32.3 Å². The summed E-state index contributed by atoms with van der Waals surface area (Å²) in [5, 5.41) is 13.0. The molecule has 3 aromatic rings. The van der Waals surface area contributed by atoms with Crippen molar-refractivity contribution in [3.63, 3.8) is 0 Å². The Kier molecular flexibility index (Phi) is 12.5. The zero-order valence-electron chi connectivity index (χ0n) is 26.3. The van der Waals surface area contributed by atoms with Crippen molar-refractivity contribution in [1.82, 2.24) is 9.47 Å². The number of carbonyl (C=O) groups is 1. The van der Waals surface area contributed by atoms with Crippen LogP contribution in [-0.4, -0.2) is 78.8 Å². The summed E-state index contributed by atoms with van der Waals surface area (Å²) in [5.41, 5.74) is 1.21. The van der Waals surface area contributed by atoms with Gasteiger partial charge in [-0.1, -0.05) is 23.1 Å². The van der Waals surface area contributed by atoms with Gasteiger partial charge in [0.05, 0.1) is 47.4 Å². The molecule has 3 N–H and O–H groups in total. The molecule has 0 saturated heterocycles. The van der Waals surface area contributed by atoms with Gasteiger partial charge in [0.25, 0.3) is 30.8 Å². The summed E-state index contributed by atoms with van der Waals surface area (Å²) >= 11 is 3.93. The summed E-state index contributed by atoms with van der Waals surface area (Å²) in [7, 11) is -5.14. The van der Waals surface area contributed by atoms with Crippen molar-refractivity contribution >= 4 is 83.0 Å². The van der Waals surface area contributed by atoms with Crippen molar-refractivity contribution in [2.45, 2.75) is 45.7 Å². The maximum absolute atomic E-state index is 13.5. The maximum atomic E-state index is 13.5. The number of thioether (sulfide) groups is 1. The van der Waals surface area contributed by atoms with Crippen LogP contribution in [0.3, 0.4) is 0 Å². The zero-order chi connectivity index (χ0) is 35.2. The molecule has 0 spiro atoms. The van der Waals surface area contributed by atoms with Crippen LogP contribution in [0.1, 0.15) is 37.6 Å². The van der Waals surface area contributed by atoms with E-state index in [9.17, 15) is 36.1 Å². The van der Waals surface area contributed by atoms with E-state index in [4.69, 9.17) is 14.0 Å². The number of aliphatic carboxylic acids is 1. The predicted molar refractivity (Wildman–Crippen MR) is 186 cm³/mol. The molecule has 0 amide bonds. The number of allylic oxidation sites excluding steroid dienone is 2. The molecule has 1 aliphatic heterocycles. The molecule has 0 bridgehead atoms. The molecular formula is C29H36N3O11S5+. The lowest BCUT2D eigenvalue weighted by molar-refractivity contribution is -0.669. The first kappa shape index (κ1) is 37.6. The van der Waals surface area contributed by atoms with E-state index in [1.165, 1.54) is 41.9 Å². The highest BCUT2D eigenvalue weighted by atomic mass is 32.2. The Hall–Kier alpha value is -3.20. The van der Waals surface area contributed by atoms with Gasteiger partial charge in [0, 0.05) is 24.7 Å². The predicted octanol–water partition coefficient (Wildman–Crippen LogP) is 2.21. The monoisotopic (exact) mass is 762 g/mol. The molecule has 19 heteroatoms. The largest absolute Gasteiger partial charge is 0.493 e. The molecule has 48 heavy (non-hydrogen) atoms. The van der Waals surface area contributed by atoms with E-state index in [-0.39, 0.29) is 24.3 Å². The normalized spacial score (nSPS) is 15.6. The Morgan fingerprint density at radius 1 is 0.958 bits per heavy atom. The minimum atomic E-state index is -4.13. The van der Waals surface area contributed by atoms with Crippen LogP contribution in [-0.2, 0) is 38.1 Å². The SMILES string of the molecule is COc1cc2sc(C=c3sc(=CC=C4SC=C(C)N4CCCCS(=O)(=O)O)c(=O)n3CC(=O)O)[n+](CCCCS(=O)(=O)O)c2cc1OC. The van der Waals surface area contributed by atoms with E-state index >= 15 is 0 Å². The fourth-order valence-electron chi connectivity index (χ4n) is 4.93. The van der Waals surface area contributed by atoms with E-state index in [2.05, 4.69) is 0 Å². The van der Waals surface area contributed by atoms with E-state index in [1.54, 1.807) is 30.4 Å². The molecule has 0 fully saturated rings. The quantitative estimate of drug-likeness (QED) is 0.109. The Labute approximate surface area is 289 Å². The fraction of sp³-hybridized carbons (Fsp3) is 0.414. The van der Waals surface area contributed by atoms with Gasteiger partial charge >= 0.3 is 5.97 Å². The van der Waals surface area contributed by atoms with Crippen molar-refractivity contribution in [3.8, 4) is 11.5 Å². The van der Waals surface area contributed by atoms with Crippen LogP contribution in [0.15, 0.2) is 39.1 Å². The Bertz CT molecular complexity index is 2150. The number of carboxylic acids is 1. The lowest BCUT2D eigenvalue weighted by Gasteiger charge is -2.21. The molecule has 4 rings (SSSR count). The third-order valence-corrected chi connectivity index (χ3v) is 12.0. The molecule has 0 atom stereocenters. The Morgan fingerprint density at radius 3 is 2.23 bits per heavy atom. The molecule has 3 heterocycles. The number of ether oxygens (including phenoxy) is 2. The number of hydrogen-bond acceptors (Lipinski definition) is 12. The van der Waals surface area contributed by atoms with Gasteiger partial charge in [-0.25, -0.2) is 0 Å². The molecule has 1 aliphatic rings. The first-order valence-electron chi connectivity index (χ1n) is 14.5. The molecule has 0 saturated carbocycles. The van der Waals surface area contributed by atoms with Crippen LogP contribution in [0, 0.1) is 0 Å². The van der Waals surface area contributed by atoms with Crippen LogP contribution in [0.4, 0.5) is 0 Å². The number of aryl methyl sites for hydroxylation is 1. The summed E-state index contributed by atoms with van der Waals surface area (Å²) in [4.78, 5) is 27.3. The second-order valence-electron chi connectivity index (χ2n) is 10.7. The minimum absolute atomic E-state index is 0.205. The molecule has 2 aromatic heterocycles. The van der Waals surface area contributed by atoms with E-state index in [0.29, 0.717) is 51.6 Å².